The van der Waals surface area contributed by atoms with Crippen molar-refractivity contribution in [3.8, 4) is 0 Å². The number of amides is 1. The monoisotopic (exact) mass is 244 g/mol. The van der Waals surface area contributed by atoms with Crippen LogP contribution in [0, 0.1) is 0 Å². The van der Waals surface area contributed by atoms with Crippen LogP contribution in [0.4, 0.5) is 10.5 Å². The molecule has 0 saturated carbocycles. The Hall–Kier alpha value is -2.07. The molecule has 0 atom stereocenters. The van der Waals surface area contributed by atoms with Crippen molar-refractivity contribution in [2.75, 3.05) is 18.5 Å². The van der Waals surface area contributed by atoms with E-state index in [9.17, 15) is 4.79 Å². The maximum atomic E-state index is 11.6. The van der Waals surface area contributed by atoms with Crippen LogP contribution < -0.4 is 11.1 Å². The van der Waals surface area contributed by atoms with Crippen LogP contribution in [0.15, 0.2) is 42.5 Å². The maximum Gasteiger partial charge on any atom is 0.411 e. The summed E-state index contributed by atoms with van der Waals surface area (Å²) in [6.07, 6.45) is 0.225. The van der Waals surface area contributed by atoms with Gasteiger partial charge in [-0.05, 0) is 24.4 Å². The second-order valence-electron chi connectivity index (χ2n) is 3.93. The Bertz CT molecular complexity index is 535. The molecular formula is C14H16N2O2. The number of anilines is 1. The van der Waals surface area contributed by atoms with Gasteiger partial charge in [-0.2, -0.15) is 0 Å². The molecular weight excluding hydrogens is 228 g/mol. The zero-order valence-corrected chi connectivity index (χ0v) is 10.1. The number of ether oxygens (including phenoxy) is 1. The molecule has 94 valence electrons. The SMILES string of the molecule is NCCCOC(=O)Nc1cccc2ccccc12. The molecule has 0 fully saturated rings. The predicted octanol–water partition coefficient (Wildman–Crippen LogP) is 2.74. The standard InChI is InChI=1S/C14H16N2O2/c15-9-4-10-18-14(17)16-13-8-3-6-11-5-1-2-7-12(11)13/h1-3,5-8H,4,9-10,15H2,(H,16,17). The van der Waals surface area contributed by atoms with E-state index in [-0.39, 0.29) is 0 Å². The molecule has 4 heteroatoms. The van der Waals surface area contributed by atoms with Crippen molar-refractivity contribution < 1.29 is 9.53 Å². The minimum Gasteiger partial charge on any atom is -0.449 e. The zero-order valence-electron chi connectivity index (χ0n) is 10.1. The van der Waals surface area contributed by atoms with Crippen LogP contribution in [0.25, 0.3) is 10.8 Å². The highest BCUT2D eigenvalue weighted by Gasteiger charge is 2.05. The molecule has 0 unspecified atom stereocenters. The topological polar surface area (TPSA) is 64.3 Å². The lowest BCUT2D eigenvalue weighted by molar-refractivity contribution is 0.161. The molecule has 0 aliphatic carbocycles. The quantitative estimate of drug-likeness (QED) is 0.813. The molecule has 0 heterocycles. The molecule has 0 saturated heterocycles. The Balaban J connectivity index is 2.09. The third kappa shape index (κ3) is 2.99. The summed E-state index contributed by atoms with van der Waals surface area (Å²) in [5, 5.41) is 4.82. The Morgan fingerprint density at radius 1 is 1.17 bits per heavy atom. The summed E-state index contributed by atoms with van der Waals surface area (Å²) in [6, 6.07) is 13.6. The summed E-state index contributed by atoms with van der Waals surface area (Å²) in [7, 11) is 0. The number of hydrogen-bond acceptors (Lipinski definition) is 3. The minimum absolute atomic E-state index is 0.340. The lowest BCUT2D eigenvalue weighted by Gasteiger charge is -2.09. The van der Waals surface area contributed by atoms with Crippen LogP contribution in [-0.2, 0) is 4.74 Å². The van der Waals surface area contributed by atoms with E-state index in [1.165, 1.54) is 0 Å². The predicted molar refractivity (Wildman–Crippen MR) is 72.6 cm³/mol. The van der Waals surface area contributed by atoms with Gasteiger partial charge in [0.15, 0.2) is 0 Å². The summed E-state index contributed by atoms with van der Waals surface area (Å²) in [4.78, 5) is 11.6. The largest absolute Gasteiger partial charge is 0.449 e. The van der Waals surface area contributed by atoms with E-state index in [1.54, 1.807) is 0 Å². The fraction of sp³-hybridized carbons (Fsp3) is 0.214. The van der Waals surface area contributed by atoms with Crippen molar-refractivity contribution in [1.82, 2.24) is 0 Å². The van der Waals surface area contributed by atoms with Crippen LogP contribution in [0.5, 0.6) is 0 Å². The van der Waals surface area contributed by atoms with E-state index in [4.69, 9.17) is 10.5 Å². The molecule has 3 N–H and O–H groups in total. The number of carbonyl (C=O) groups excluding carboxylic acids is 1. The van der Waals surface area contributed by atoms with E-state index in [2.05, 4.69) is 5.32 Å². The van der Waals surface area contributed by atoms with Gasteiger partial charge in [-0.3, -0.25) is 5.32 Å². The van der Waals surface area contributed by atoms with Crippen molar-refractivity contribution in [3.63, 3.8) is 0 Å². The molecule has 2 rings (SSSR count). The fourth-order valence-electron chi connectivity index (χ4n) is 1.73. The molecule has 1 amide bonds. The smallest absolute Gasteiger partial charge is 0.411 e. The summed E-state index contributed by atoms with van der Waals surface area (Å²) in [5.41, 5.74) is 6.09. The Morgan fingerprint density at radius 2 is 1.94 bits per heavy atom. The molecule has 2 aromatic carbocycles. The van der Waals surface area contributed by atoms with Gasteiger partial charge < -0.3 is 10.5 Å². The van der Waals surface area contributed by atoms with Crippen molar-refractivity contribution >= 4 is 22.6 Å². The zero-order chi connectivity index (χ0) is 12.8. The number of hydrogen-bond donors (Lipinski definition) is 2. The molecule has 0 bridgehead atoms. The molecule has 0 aliphatic rings. The first-order chi connectivity index (χ1) is 8.81. The van der Waals surface area contributed by atoms with Gasteiger partial charge in [0, 0.05) is 5.39 Å². The van der Waals surface area contributed by atoms with Gasteiger partial charge in [-0.25, -0.2) is 4.79 Å². The van der Waals surface area contributed by atoms with Crippen molar-refractivity contribution in [2.24, 2.45) is 5.73 Å². The summed E-state index contributed by atoms with van der Waals surface area (Å²) >= 11 is 0. The number of benzene rings is 2. The van der Waals surface area contributed by atoms with Gasteiger partial charge in [0.1, 0.15) is 0 Å². The highest BCUT2D eigenvalue weighted by molar-refractivity contribution is 6.00. The van der Waals surface area contributed by atoms with Gasteiger partial charge in [-0.15, -0.1) is 0 Å². The summed E-state index contributed by atoms with van der Waals surface area (Å²) in [6.45, 7) is 0.856. The average Bonchev–Trinajstić information content (AvgIpc) is 2.39. The Morgan fingerprint density at radius 3 is 2.78 bits per heavy atom. The van der Waals surface area contributed by atoms with E-state index in [1.807, 2.05) is 42.5 Å². The number of rotatable bonds is 4. The molecule has 18 heavy (non-hydrogen) atoms. The lowest BCUT2D eigenvalue weighted by atomic mass is 10.1. The van der Waals surface area contributed by atoms with Crippen LogP contribution in [0.1, 0.15) is 6.42 Å². The maximum absolute atomic E-state index is 11.6. The lowest BCUT2D eigenvalue weighted by Crippen LogP contribution is -2.16. The van der Waals surface area contributed by atoms with Crippen LogP contribution in [-0.4, -0.2) is 19.2 Å². The first kappa shape index (κ1) is 12.4. The highest BCUT2D eigenvalue weighted by atomic mass is 16.5. The number of carbonyl (C=O) groups is 1. The second kappa shape index (κ2) is 6.02. The molecule has 2 aromatic rings. The van der Waals surface area contributed by atoms with Crippen molar-refractivity contribution in [2.45, 2.75) is 6.42 Å². The van der Waals surface area contributed by atoms with E-state index < -0.39 is 6.09 Å². The van der Waals surface area contributed by atoms with Crippen LogP contribution in [0.3, 0.4) is 0 Å². The number of fused-ring (bicyclic) bond motifs is 1. The first-order valence-corrected chi connectivity index (χ1v) is 5.93. The fourth-order valence-corrected chi connectivity index (χ4v) is 1.73. The summed E-state index contributed by atoms with van der Waals surface area (Å²) < 4.78 is 5.01. The van der Waals surface area contributed by atoms with Gasteiger partial charge in [0.2, 0.25) is 0 Å². The van der Waals surface area contributed by atoms with Crippen molar-refractivity contribution in [1.29, 1.82) is 0 Å². The molecule has 0 aromatic heterocycles. The average molecular weight is 244 g/mol. The van der Waals surface area contributed by atoms with Crippen molar-refractivity contribution in [3.05, 3.63) is 42.5 Å². The van der Waals surface area contributed by atoms with Gasteiger partial charge >= 0.3 is 6.09 Å². The normalized spacial score (nSPS) is 10.3. The van der Waals surface area contributed by atoms with Crippen LogP contribution in [0.2, 0.25) is 0 Å². The van der Waals surface area contributed by atoms with E-state index in [0.717, 1.165) is 16.5 Å². The molecule has 0 aliphatic heterocycles. The highest BCUT2D eigenvalue weighted by Crippen LogP contribution is 2.22. The molecule has 0 spiro atoms. The Kier molecular flexibility index (Phi) is 4.15. The van der Waals surface area contributed by atoms with Gasteiger partial charge in [0.25, 0.3) is 0 Å². The summed E-state index contributed by atoms with van der Waals surface area (Å²) in [5.74, 6) is 0. The number of nitrogens with two attached hydrogens (primary N) is 1. The minimum atomic E-state index is -0.445. The molecule has 4 nitrogen and oxygen atoms in total. The second-order valence-corrected chi connectivity index (χ2v) is 3.93. The number of nitrogens with one attached hydrogen (secondary N) is 1. The first-order valence-electron chi connectivity index (χ1n) is 5.93. The Labute approximate surface area is 106 Å². The van der Waals surface area contributed by atoms with E-state index in [0.29, 0.717) is 19.6 Å². The van der Waals surface area contributed by atoms with E-state index >= 15 is 0 Å². The van der Waals surface area contributed by atoms with Gasteiger partial charge in [0.05, 0.1) is 12.3 Å². The third-order valence-corrected chi connectivity index (χ3v) is 2.61. The third-order valence-electron chi connectivity index (χ3n) is 2.61. The van der Waals surface area contributed by atoms with Crippen LogP contribution >= 0.6 is 0 Å². The molecule has 0 radical (unpaired) electrons. The van der Waals surface area contributed by atoms with Gasteiger partial charge in [-0.1, -0.05) is 36.4 Å².